The van der Waals surface area contributed by atoms with Crippen LogP contribution >= 0.6 is 0 Å². The van der Waals surface area contributed by atoms with E-state index in [0.717, 1.165) is 18.5 Å². The Labute approximate surface area is 145 Å². The maximum atomic E-state index is 12.2. The summed E-state index contributed by atoms with van der Waals surface area (Å²) in [5.41, 5.74) is 1.57. The highest BCUT2D eigenvalue weighted by Crippen LogP contribution is 2.20. The van der Waals surface area contributed by atoms with E-state index in [2.05, 4.69) is 20.6 Å². The number of benzene rings is 1. The van der Waals surface area contributed by atoms with Crippen LogP contribution in [0.5, 0.6) is 0 Å². The number of hydrogen-bond donors (Lipinski definition) is 2. The van der Waals surface area contributed by atoms with Crippen LogP contribution in [-0.4, -0.2) is 34.5 Å². The van der Waals surface area contributed by atoms with Crippen molar-refractivity contribution in [2.24, 2.45) is 0 Å². The summed E-state index contributed by atoms with van der Waals surface area (Å²) >= 11 is 0. The van der Waals surface area contributed by atoms with Crippen LogP contribution in [-0.2, 0) is 4.74 Å². The lowest BCUT2D eigenvalue weighted by Gasteiger charge is -2.09. The van der Waals surface area contributed by atoms with Gasteiger partial charge in [-0.15, -0.1) is 0 Å². The zero-order valence-corrected chi connectivity index (χ0v) is 14.2. The number of nitrogens with one attached hydrogen (secondary N) is 2. The summed E-state index contributed by atoms with van der Waals surface area (Å²) in [5, 5.41) is 6.04. The molecule has 0 unspecified atom stereocenters. The minimum Gasteiger partial charge on any atom is -0.462 e. The Morgan fingerprint density at radius 1 is 1.20 bits per heavy atom. The summed E-state index contributed by atoms with van der Waals surface area (Å²) < 4.78 is 4.96. The third-order valence-electron chi connectivity index (χ3n) is 3.65. The van der Waals surface area contributed by atoms with E-state index in [4.69, 9.17) is 4.74 Å². The molecule has 1 aliphatic rings. The Morgan fingerprint density at radius 3 is 2.56 bits per heavy atom. The molecule has 2 N–H and O–H groups in total. The Hall–Kier alpha value is -2.96. The number of esters is 1. The fourth-order valence-corrected chi connectivity index (χ4v) is 2.29. The first-order valence-electron chi connectivity index (χ1n) is 8.26. The molecule has 0 spiro atoms. The second-order valence-corrected chi connectivity index (χ2v) is 5.86. The van der Waals surface area contributed by atoms with Crippen LogP contribution in [0.4, 0.5) is 11.5 Å². The first-order chi connectivity index (χ1) is 12.0. The van der Waals surface area contributed by atoms with Crippen LogP contribution in [0.25, 0.3) is 0 Å². The maximum absolute atomic E-state index is 12.2. The molecule has 7 nitrogen and oxygen atoms in total. The SMILES string of the molecule is CCOC(=O)c1ccc(Nc2cc(C(=O)NC3CC3)nc(C)n2)cc1. The van der Waals surface area contributed by atoms with Gasteiger partial charge in [0.05, 0.1) is 12.2 Å². The lowest BCUT2D eigenvalue weighted by molar-refractivity contribution is 0.0526. The van der Waals surface area contributed by atoms with Crippen molar-refractivity contribution in [3.8, 4) is 0 Å². The van der Waals surface area contributed by atoms with Crippen LogP contribution in [0.15, 0.2) is 30.3 Å². The normalized spacial score (nSPS) is 13.2. The smallest absolute Gasteiger partial charge is 0.338 e. The van der Waals surface area contributed by atoms with Gasteiger partial charge in [-0.05, 0) is 51.0 Å². The molecule has 1 aromatic carbocycles. The second-order valence-electron chi connectivity index (χ2n) is 5.86. The van der Waals surface area contributed by atoms with Crippen molar-refractivity contribution >= 4 is 23.4 Å². The monoisotopic (exact) mass is 340 g/mol. The predicted octanol–water partition coefficient (Wildman–Crippen LogP) is 2.60. The number of aryl methyl sites for hydroxylation is 1. The van der Waals surface area contributed by atoms with Gasteiger partial charge in [0, 0.05) is 17.8 Å². The predicted molar refractivity (Wildman–Crippen MR) is 92.9 cm³/mol. The van der Waals surface area contributed by atoms with Crippen molar-refractivity contribution in [2.45, 2.75) is 32.7 Å². The molecule has 25 heavy (non-hydrogen) atoms. The van der Waals surface area contributed by atoms with Gasteiger partial charge in [0.15, 0.2) is 0 Å². The van der Waals surface area contributed by atoms with Gasteiger partial charge in [0.2, 0.25) is 0 Å². The number of ether oxygens (including phenoxy) is 1. The quantitative estimate of drug-likeness (QED) is 0.785. The van der Waals surface area contributed by atoms with Crippen molar-refractivity contribution in [3.05, 3.63) is 47.4 Å². The highest BCUT2D eigenvalue weighted by Gasteiger charge is 2.24. The number of carbonyl (C=O) groups excluding carboxylic acids is 2. The van der Waals surface area contributed by atoms with Crippen molar-refractivity contribution < 1.29 is 14.3 Å². The van der Waals surface area contributed by atoms with E-state index in [-0.39, 0.29) is 17.9 Å². The van der Waals surface area contributed by atoms with Crippen LogP contribution < -0.4 is 10.6 Å². The minimum absolute atomic E-state index is 0.186. The van der Waals surface area contributed by atoms with Crippen LogP contribution in [0.1, 0.15) is 46.4 Å². The molecule has 0 radical (unpaired) electrons. The van der Waals surface area contributed by atoms with Gasteiger partial charge in [-0.2, -0.15) is 0 Å². The first kappa shape index (κ1) is 16.9. The molecule has 130 valence electrons. The van der Waals surface area contributed by atoms with E-state index >= 15 is 0 Å². The van der Waals surface area contributed by atoms with Crippen LogP contribution in [0, 0.1) is 6.92 Å². The summed E-state index contributed by atoms with van der Waals surface area (Å²) in [6.07, 6.45) is 2.04. The number of anilines is 2. The molecule has 1 amide bonds. The third-order valence-corrected chi connectivity index (χ3v) is 3.65. The van der Waals surface area contributed by atoms with Crippen molar-refractivity contribution in [3.63, 3.8) is 0 Å². The molecule has 3 rings (SSSR count). The van der Waals surface area contributed by atoms with E-state index in [9.17, 15) is 9.59 Å². The molecule has 1 fully saturated rings. The molecule has 0 bridgehead atoms. The Morgan fingerprint density at radius 2 is 1.92 bits per heavy atom. The standard InChI is InChI=1S/C18H20N4O3/c1-3-25-18(24)12-4-6-13(7-5-12)21-16-10-15(19-11(2)20-16)17(23)22-14-8-9-14/h4-7,10,14H,3,8-9H2,1-2H3,(H,22,23)(H,19,20,21). The van der Waals surface area contributed by atoms with Gasteiger partial charge in [0.25, 0.3) is 5.91 Å². The fraction of sp³-hybridized carbons (Fsp3) is 0.333. The lowest BCUT2D eigenvalue weighted by atomic mass is 10.2. The van der Waals surface area contributed by atoms with Gasteiger partial charge >= 0.3 is 5.97 Å². The van der Waals surface area contributed by atoms with Gasteiger partial charge in [-0.25, -0.2) is 14.8 Å². The number of aromatic nitrogens is 2. The molecule has 1 aromatic heterocycles. The Kier molecular flexibility index (Phi) is 4.92. The number of rotatable bonds is 6. The van der Waals surface area contributed by atoms with Crippen LogP contribution in [0.3, 0.4) is 0 Å². The zero-order chi connectivity index (χ0) is 17.8. The van der Waals surface area contributed by atoms with E-state index in [1.54, 1.807) is 44.2 Å². The number of nitrogens with zero attached hydrogens (tertiary/aromatic N) is 2. The highest BCUT2D eigenvalue weighted by molar-refractivity contribution is 5.93. The third kappa shape index (κ3) is 4.53. The Bertz CT molecular complexity index is 785. The fourth-order valence-electron chi connectivity index (χ4n) is 2.29. The zero-order valence-electron chi connectivity index (χ0n) is 14.2. The van der Waals surface area contributed by atoms with Gasteiger partial charge in [0.1, 0.15) is 17.3 Å². The molecule has 1 heterocycles. The maximum Gasteiger partial charge on any atom is 0.338 e. The topological polar surface area (TPSA) is 93.2 Å². The number of amides is 1. The lowest BCUT2D eigenvalue weighted by Crippen LogP contribution is -2.26. The van der Waals surface area contributed by atoms with Crippen molar-refractivity contribution in [1.29, 1.82) is 0 Å². The molecule has 0 aliphatic heterocycles. The average molecular weight is 340 g/mol. The molecule has 1 aliphatic carbocycles. The van der Waals surface area contributed by atoms with E-state index in [0.29, 0.717) is 29.5 Å². The van der Waals surface area contributed by atoms with E-state index in [1.807, 2.05) is 0 Å². The number of hydrogen-bond acceptors (Lipinski definition) is 6. The summed E-state index contributed by atoms with van der Waals surface area (Å²) in [7, 11) is 0. The molecule has 0 atom stereocenters. The van der Waals surface area contributed by atoms with Gasteiger partial charge in [-0.3, -0.25) is 4.79 Å². The molecule has 2 aromatic rings. The van der Waals surface area contributed by atoms with E-state index in [1.165, 1.54) is 0 Å². The highest BCUT2D eigenvalue weighted by atomic mass is 16.5. The largest absolute Gasteiger partial charge is 0.462 e. The van der Waals surface area contributed by atoms with E-state index < -0.39 is 0 Å². The summed E-state index contributed by atoms with van der Waals surface area (Å²) in [6, 6.07) is 8.75. The molecular weight excluding hydrogens is 320 g/mol. The second kappa shape index (κ2) is 7.29. The summed E-state index contributed by atoms with van der Waals surface area (Å²) in [5.74, 6) is 0.492. The molecule has 0 saturated heterocycles. The van der Waals surface area contributed by atoms with Crippen LogP contribution in [0.2, 0.25) is 0 Å². The number of carbonyl (C=O) groups is 2. The molecule has 7 heteroatoms. The molecular formula is C18H20N4O3. The molecule has 1 saturated carbocycles. The van der Waals surface area contributed by atoms with Gasteiger partial charge < -0.3 is 15.4 Å². The summed E-state index contributed by atoms with van der Waals surface area (Å²) in [6.45, 7) is 3.84. The van der Waals surface area contributed by atoms with Crippen molar-refractivity contribution in [2.75, 3.05) is 11.9 Å². The van der Waals surface area contributed by atoms with Gasteiger partial charge in [-0.1, -0.05) is 0 Å². The minimum atomic E-state index is -0.356. The first-order valence-corrected chi connectivity index (χ1v) is 8.26. The van der Waals surface area contributed by atoms with Crippen molar-refractivity contribution in [1.82, 2.24) is 15.3 Å². The summed E-state index contributed by atoms with van der Waals surface area (Å²) in [4.78, 5) is 32.3. The Balaban J connectivity index is 1.72. The average Bonchev–Trinajstić information content (AvgIpc) is 3.39.